The van der Waals surface area contributed by atoms with Gasteiger partial charge in [-0.15, -0.1) is 0 Å². The molecule has 0 bridgehead atoms. The molecule has 3 rings (SSSR count). The van der Waals surface area contributed by atoms with Crippen LogP contribution in [0.3, 0.4) is 0 Å². The van der Waals surface area contributed by atoms with Gasteiger partial charge in [-0.2, -0.15) is 4.31 Å². The molecule has 0 aromatic heterocycles. The molecule has 1 saturated carbocycles. The fraction of sp³-hybridized carbons (Fsp3) is 0.562. The van der Waals surface area contributed by atoms with Crippen LogP contribution in [-0.2, 0) is 14.8 Å². The van der Waals surface area contributed by atoms with Crippen molar-refractivity contribution in [3.63, 3.8) is 0 Å². The molecule has 2 aliphatic rings. The molecule has 3 atom stereocenters. The normalized spacial score (nSPS) is 28.3. The Kier molecular flexibility index (Phi) is 4.70. The van der Waals surface area contributed by atoms with Crippen molar-refractivity contribution in [1.29, 1.82) is 0 Å². The summed E-state index contributed by atoms with van der Waals surface area (Å²) in [5.41, 5.74) is 0.629. The van der Waals surface area contributed by atoms with Gasteiger partial charge in [-0.05, 0) is 25.0 Å². The van der Waals surface area contributed by atoms with Crippen molar-refractivity contribution in [2.24, 2.45) is 5.92 Å². The molecule has 6 nitrogen and oxygen atoms in total. The van der Waals surface area contributed by atoms with E-state index in [9.17, 15) is 13.2 Å². The van der Waals surface area contributed by atoms with Gasteiger partial charge in [-0.1, -0.05) is 18.2 Å². The van der Waals surface area contributed by atoms with Gasteiger partial charge in [0.1, 0.15) is 0 Å². The van der Waals surface area contributed by atoms with Crippen LogP contribution in [0.25, 0.3) is 0 Å². The van der Waals surface area contributed by atoms with Gasteiger partial charge in [0, 0.05) is 24.6 Å². The van der Waals surface area contributed by atoms with Crippen LogP contribution in [0, 0.1) is 5.92 Å². The highest BCUT2D eigenvalue weighted by atomic mass is 32.2. The van der Waals surface area contributed by atoms with Gasteiger partial charge in [0.25, 0.3) is 5.91 Å². The standard InChI is InChI=1S/C16H22N2O4S/c1-23(20,21)18-9-10-22-15-13(7-8-14(15)18)11-17-16(19)12-5-3-2-4-6-12/h2-6,13-15H,7-11H2,1H3,(H,17,19). The molecule has 1 amide bonds. The van der Waals surface area contributed by atoms with Gasteiger partial charge in [-0.25, -0.2) is 8.42 Å². The van der Waals surface area contributed by atoms with Crippen molar-refractivity contribution < 1.29 is 17.9 Å². The van der Waals surface area contributed by atoms with Crippen LogP contribution in [0.15, 0.2) is 30.3 Å². The summed E-state index contributed by atoms with van der Waals surface area (Å²) in [6.07, 6.45) is 2.76. The molecule has 1 saturated heterocycles. The molecule has 1 aliphatic heterocycles. The Morgan fingerprint density at radius 3 is 2.74 bits per heavy atom. The zero-order chi connectivity index (χ0) is 16.4. The number of amides is 1. The quantitative estimate of drug-likeness (QED) is 0.883. The van der Waals surface area contributed by atoms with Crippen LogP contribution in [0.1, 0.15) is 23.2 Å². The Morgan fingerprint density at radius 1 is 1.30 bits per heavy atom. The highest BCUT2D eigenvalue weighted by Gasteiger charge is 2.45. The fourth-order valence-corrected chi connectivity index (χ4v) is 4.70. The first-order chi connectivity index (χ1) is 11.0. The molecule has 1 N–H and O–H groups in total. The van der Waals surface area contributed by atoms with Crippen LogP contribution < -0.4 is 5.32 Å². The van der Waals surface area contributed by atoms with Crippen LogP contribution in [0.5, 0.6) is 0 Å². The number of sulfonamides is 1. The molecule has 1 aromatic rings. The molecule has 1 aromatic carbocycles. The van der Waals surface area contributed by atoms with Gasteiger partial charge in [0.15, 0.2) is 0 Å². The van der Waals surface area contributed by atoms with E-state index in [-0.39, 0.29) is 24.0 Å². The lowest BCUT2D eigenvalue weighted by Crippen LogP contribution is -2.53. The second-order valence-electron chi connectivity index (χ2n) is 6.19. The Hall–Kier alpha value is -1.44. The minimum absolute atomic E-state index is 0.0997. The first kappa shape index (κ1) is 16.4. The van der Waals surface area contributed by atoms with Crippen LogP contribution in [0.2, 0.25) is 0 Å². The zero-order valence-electron chi connectivity index (χ0n) is 13.1. The number of fused-ring (bicyclic) bond motifs is 1. The van der Waals surface area contributed by atoms with Gasteiger partial charge < -0.3 is 10.1 Å². The summed E-state index contributed by atoms with van der Waals surface area (Å²) in [5, 5.41) is 2.94. The summed E-state index contributed by atoms with van der Waals surface area (Å²) in [5.74, 6) is 0.0436. The van der Waals surface area contributed by atoms with E-state index in [4.69, 9.17) is 4.74 Å². The second-order valence-corrected chi connectivity index (χ2v) is 8.13. The van der Waals surface area contributed by atoms with E-state index >= 15 is 0 Å². The summed E-state index contributed by atoms with van der Waals surface area (Å²) in [4.78, 5) is 12.1. The lowest BCUT2D eigenvalue weighted by molar-refractivity contribution is -0.0448. The van der Waals surface area contributed by atoms with Crippen LogP contribution >= 0.6 is 0 Å². The molecule has 0 spiro atoms. The maximum absolute atomic E-state index is 12.1. The number of carbonyl (C=O) groups is 1. The molecule has 2 fully saturated rings. The third-order valence-electron chi connectivity index (χ3n) is 4.66. The molecule has 3 unspecified atom stereocenters. The van der Waals surface area contributed by atoms with Crippen molar-refractivity contribution >= 4 is 15.9 Å². The first-order valence-electron chi connectivity index (χ1n) is 7.88. The lowest BCUT2D eigenvalue weighted by Gasteiger charge is -2.37. The Morgan fingerprint density at radius 2 is 2.04 bits per heavy atom. The fourth-order valence-electron chi connectivity index (χ4n) is 3.57. The number of nitrogens with zero attached hydrogens (tertiary/aromatic N) is 1. The summed E-state index contributed by atoms with van der Waals surface area (Å²) < 4.78 is 31.2. The molecule has 1 aliphatic carbocycles. The van der Waals surface area contributed by atoms with Gasteiger partial charge >= 0.3 is 0 Å². The smallest absolute Gasteiger partial charge is 0.251 e. The van der Waals surface area contributed by atoms with Crippen molar-refractivity contribution in [2.75, 3.05) is 26.0 Å². The third-order valence-corrected chi connectivity index (χ3v) is 5.96. The Balaban J connectivity index is 1.61. The van der Waals surface area contributed by atoms with Crippen molar-refractivity contribution in [1.82, 2.24) is 9.62 Å². The van der Waals surface area contributed by atoms with Gasteiger partial charge in [0.05, 0.1) is 25.0 Å². The maximum Gasteiger partial charge on any atom is 0.251 e. The number of benzene rings is 1. The summed E-state index contributed by atoms with van der Waals surface area (Å²) in [7, 11) is -3.21. The van der Waals surface area contributed by atoms with E-state index in [1.165, 1.54) is 6.26 Å². The minimum atomic E-state index is -3.21. The minimum Gasteiger partial charge on any atom is -0.375 e. The molecule has 7 heteroatoms. The monoisotopic (exact) mass is 338 g/mol. The van der Waals surface area contributed by atoms with Gasteiger partial charge in [0.2, 0.25) is 10.0 Å². The molecule has 1 heterocycles. The molecule has 23 heavy (non-hydrogen) atoms. The average Bonchev–Trinajstić information content (AvgIpc) is 2.95. The van der Waals surface area contributed by atoms with Crippen molar-refractivity contribution in [3.05, 3.63) is 35.9 Å². The van der Waals surface area contributed by atoms with E-state index in [1.54, 1.807) is 16.4 Å². The third kappa shape index (κ3) is 3.57. The molecule has 126 valence electrons. The van der Waals surface area contributed by atoms with E-state index in [0.717, 1.165) is 12.8 Å². The van der Waals surface area contributed by atoms with Crippen molar-refractivity contribution in [3.8, 4) is 0 Å². The summed E-state index contributed by atoms with van der Waals surface area (Å²) >= 11 is 0. The number of morpholine rings is 1. The van der Waals surface area contributed by atoms with Crippen LogP contribution in [0.4, 0.5) is 0 Å². The number of hydrogen-bond acceptors (Lipinski definition) is 4. The molecular weight excluding hydrogens is 316 g/mol. The lowest BCUT2D eigenvalue weighted by atomic mass is 10.0. The Bertz CT molecular complexity index is 662. The highest BCUT2D eigenvalue weighted by molar-refractivity contribution is 7.88. The average molecular weight is 338 g/mol. The van der Waals surface area contributed by atoms with E-state index in [2.05, 4.69) is 5.32 Å². The van der Waals surface area contributed by atoms with Crippen molar-refractivity contribution in [2.45, 2.75) is 25.0 Å². The van der Waals surface area contributed by atoms with Crippen LogP contribution in [-0.4, -0.2) is 56.7 Å². The summed E-state index contributed by atoms with van der Waals surface area (Å²) in [6.45, 7) is 1.34. The maximum atomic E-state index is 12.1. The second kappa shape index (κ2) is 6.59. The largest absolute Gasteiger partial charge is 0.375 e. The number of hydrogen-bond donors (Lipinski definition) is 1. The first-order valence-corrected chi connectivity index (χ1v) is 9.73. The predicted molar refractivity (Wildman–Crippen MR) is 86.6 cm³/mol. The van der Waals surface area contributed by atoms with E-state index in [1.807, 2.05) is 18.2 Å². The highest BCUT2D eigenvalue weighted by Crippen LogP contribution is 2.35. The summed E-state index contributed by atoms with van der Waals surface area (Å²) in [6, 6.07) is 8.97. The zero-order valence-corrected chi connectivity index (χ0v) is 14.0. The number of carbonyl (C=O) groups excluding carboxylic acids is 1. The Labute approximate surface area is 136 Å². The van der Waals surface area contributed by atoms with E-state index in [0.29, 0.717) is 25.3 Å². The predicted octanol–water partition coefficient (Wildman–Crippen LogP) is 0.855. The molecular formula is C16H22N2O4S. The topological polar surface area (TPSA) is 75.7 Å². The number of nitrogens with one attached hydrogen (secondary N) is 1. The number of rotatable bonds is 4. The van der Waals surface area contributed by atoms with Gasteiger partial charge in [-0.3, -0.25) is 4.79 Å². The van der Waals surface area contributed by atoms with E-state index < -0.39 is 10.0 Å². The number of ether oxygens (including phenoxy) is 1. The SMILES string of the molecule is CS(=O)(=O)N1CCOC2C(CNC(=O)c3ccccc3)CCC21. The molecule has 0 radical (unpaired) electrons.